The highest BCUT2D eigenvalue weighted by molar-refractivity contribution is 7.92. The van der Waals surface area contributed by atoms with Gasteiger partial charge < -0.3 is 5.32 Å². The van der Waals surface area contributed by atoms with Crippen molar-refractivity contribution in [3.63, 3.8) is 0 Å². The van der Waals surface area contributed by atoms with E-state index in [1.165, 1.54) is 6.07 Å². The molecule has 1 amide bonds. The molecular weight excluding hydrogens is 390 g/mol. The smallest absolute Gasteiger partial charge is 0.270 e. The van der Waals surface area contributed by atoms with Crippen molar-refractivity contribution >= 4 is 38.3 Å². The van der Waals surface area contributed by atoms with Crippen LogP contribution >= 0.6 is 0 Å². The number of pyridine rings is 1. The topological polar surface area (TPSA) is 105 Å². The van der Waals surface area contributed by atoms with Crippen LogP contribution in [-0.4, -0.2) is 37.4 Å². The minimum absolute atomic E-state index is 0.0000106. The summed E-state index contributed by atoms with van der Waals surface area (Å²) in [6.07, 6.45) is 0.489. The largest absolute Gasteiger partial charge is 0.343 e. The van der Waals surface area contributed by atoms with Gasteiger partial charge >= 0.3 is 0 Å². The Morgan fingerprint density at radius 1 is 1.00 bits per heavy atom. The molecule has 0 spiro atoms. The van der Waals surface area contributed by atoms with Crippen LogP contribution in [0.3, 0.4) is 0 Å². The number of hydrogen-bond acceptors (Lipinski definition) is 5. The molecule has 3 rings (SSSR count). The Labute approximate surface area is 169 Å². The Bertz CT molecular complexity index is 1160. The van der Waals surface area contributed by atoms with Crippen molar-refractivity contribution in [3.8, 4) is 0 Å². The van der Waals surface area contributed by atoms with Gasteiger partial charge in [0.2, 0.25) is 10.0 Å². The van der Waals surface area contributed by atoms with E-state index in [4.69, 9.17) is 0 Å². The van der Waals surface area contributed by atoms with E-state index in [0.717, 1.165) is 5.39 Å². The Morgan fingerprint density at radius 2 is 1.79 bits per heavy atom. The molecule has 0 unspecified atom stereocenters. The van der Waals surface area contributed by atoms with E-state index >= 15 is 0 Å². The van der Waals surface area contributed by atoms with E-state index in [9.17, 15) is 18.0 Å². The molecule has 0 fully saturated rings. The van der Waals surface area contributed by atoms with E-state index in [1.54, 1.807) is 37.3 Å². The molecule has 0 radical (unpaired) electrons. The average Bonchev–Trinajstić information content (AvgIpc) is 2.71. The van der Waals surface area contributed by atoms with Gasteiger partial charge in [0.05, 0.1) is 17.8 Å². The van der Waals surface area contributed by atoms with Crippen LogP contribution in [0.4, 0.5) is 5.69 Å². The molecule has 2 N–H and O–H groups in total. The highest BCUT2D eigenvalue weighted by atomic mass is 32.2. The van der Waals surface area contributed by atoms with Crippen LogP contribution in [0.25, 0.3) is 10.9 Å². The van der Waals surface area contributed by atoms with Gasteiger partial charge in [-0.2, -0.15) is 0 Å². The maximum atomic E-state index is 12.4. The van der Waals surface area contributed by atoms with Crippen LogP contribution in [0.2, 0.25) is 0 Å². The molecule has 3 aromatic rings. The molecular formula is C21H21N3O4S. The Kier molecular flexibility index (Phi) is 6.23. The van der Waals surface area contributed by atoms with Gasteiger partial charge in [0, 0.05) is 16.6 Å². The Hall–Kier alpha value is -3.26. The summed E-state index contributed by atoms with van der Waals surface area (Å²) in [5.74, 6) is -0.792. The van der Waals surface area contributed by atoms with Crippen molar-refractivity contribution in [1.82, 2.24) is 10.3 Å². The van der Waals surface area contributed by atoms with Crippen molar-refractivity contribution in [3.05, 3.63) is 71.9 Å². The lowest BCUT2D eigenvalue weighted by Crippen LogP contribution is -2.30. The predicted octanol–water partition coefficient (Wildman–Crippen LogP) is 3.00. The number of nitrogens with zero attached hydrogens (tertiary/aromatic N) is 1. The number of carbonyl (C=O) groups excluding carboxylic acids is 2. The molecule has 0 saturated carbocycles. The molecule has 0 aliphatic heterocycles. The highest BCUT2D eigenvalue weighted by Crippen LogP contribution is 2.14. The second-order valence-corrected chi connectivity index (χ2v) is 8.34. The zero-order valence-electron chi connectivity index (χ0n) is 15.9. The molecule has 150 valence electrons. The van der Waals surface area contributed by atoms with Crippen LogP contribution in [0, 0.1) is 0 Å². The fraction of sp³-hybridized carbons (Fsp3) is 0.190. The number of Topliss-reactive ketones (excluding diaryl/α,β-unsaturated/α-hetero) is 1. The number of ketones is 1. The standard InChI is InChI=1S/C21H21N3O4S/c1-2-12-29(27,28)24-17-8-5-7-16(13-17)20(25)14-22-21(26)19-11-10-15-6-3-4-9-18(15)23-19/h3-11,13,24H,2,12,14H2,1H3,(H,22,26). The zero-order valence-corrected chi connectivity index (χ0v) is 16.7. The van der Waals surface area contributed by atoms with Gasteiger partial charge in [-0.05, 0) is 30.7 Å². The van der Waals surface area contributed by atoms with Crippen LogP contribution < -0.4 is 10.0 Å². The number of hydrogen-bond donors (Lipinski definition) is 2. The average molecular weight is 411 g/mol. The highest BCUT2D eigenvalue weighted by Gasteiger charge is 2.13. The van der Waals surface area contributed by atoms with Crippen molar-refractivity contribution in [2.75, 3.05) is 17.0 Å². The number of carbonyl (C=O) groups is 2. The van der Waals surface area contributed by atoms with Gasteiger partial charge in [-0.3, -0.25) is 14.3 Å². The molecule has 0 aliphatic carbocycles. The minimum Gasteiger partial charge on any atom is -0.343 e. The number of rotatable bonds is 8. The number of anilines is 1. The van der Waals surface area contributed by atoms with E-state index in [0.29, 0.717) is 23.2 Å². The lowest BCUT2D eigenvalue weighted by Gasteiger charge is -2.09. The minimum atomic E-state index is -3.45. The monoisotopic (exact) mass is 411 g/mol. The third kappa shape index (κ3) is 5.39. The number of benzene rings is 2. The van der Waals surface area contributed by atoms with Crippen LogP contribution in [0.1, 0.15) is 34.2 Å². The van der Waals surface area contributed by atoms with Gasteiger partial charge in [0.1, 0.15) is 5.69 Å². The lowest BCUT2D eigenvalue weighted by molar-refractivity contribution is 0.0901. The molecule has 1 aromatic heterocycles. The normalized spacial score (nSPS) is 11.2. The molecule has 29 heavy (non-hydrogen) atoms. The number of nitrogens with one attached hydrogen (secondary N) is 2. The van der Waals surface area contributed by atoms with Gasteiger partial charge in [-0.15, -0.1) is 0 Å². The first kappa shape index (κ1) is 20.5. The van der Waals surface area contributed by atoms with E-state index in [-0.39, 0.29) is 23.8 Å². The first-order valence-electron chi connectivity index (χ1n) is 9.16. The van der Waals surface area contributed by atoms with Crippen molar-refractivity contribution in [1.29, 1.82) is 0 Å². The summed E-state index contributed by atoms with van der Waals surface area (Å²) in [5.41, 5.74) is 1.52. The summed E-state index contributed by atoms with van der Waals surface area (Å²) in [4.78, 5) is 29.1. The van der Waals surface area contributed by atoms with Crippen LogP contribution in [0.15, 0.2) is 60.7 Å². The van der Waals surface area contributed by atoms with E-state index in [1.807, 2.05) is 24.3 Å². The third-order valence-corrected chi connectivity index (χ3v) is 5.66. The number of para-hydroxylation sites is 1. The zero-order chi connectivity index (χ0) is 20.9. The SMILES string of the molecule is CCCS(=O)(=O)Nc1cccc(C(=O)CNC(=O)c2ccc3ccccc3n2)c1. The van der Waals surface area contributed by atoms with Gasteiger partial charge in [-0.25, -0.2) is 13.4 Å². The number of sulfonamides is 1. The molecule has 0 bridgehead atoms. The summed E-state index contributed by atoms with van der Waals surface area (Å²) in [5, 5.41) is 3.48. The first-order valence-corrected chi connectivity index (χ1v) is 10.8. The molecule has 0 saturated heterocycles. The maximum Gasteiger partial charge on any atom is 0.270 e. The summed E-state index contributed by atoms with van der Waals surface area (Å²) in [6, 6.07) is 17.0. The second-order valence-electron chi connectivity index (χ2n) is 6.50. The molecule has 2 aromatic carbocycles. The molecule has 0 atom stereocenters. The molecule has 8 heteroatoms. The molecule has 0 aliphatic rings. The van der Waals surface area contributed by atoms with E-state index in [2.05, 4.69) is 15.0 Å². The summed E-state index contributed by atoms with van der Waals surface area (Å²) < 4.78 is 26.2. The summed E-state index contributed by atoms with van der Waals surface area (Å²) in [6.45, 7) is 1.55. The fourth-order valence-corrected chi connectivity index (χ4v) is 3.93. The Balaban J connectivity index is 1.65. The van der Waals surface area contributed by atoms with Gasteiger partial charge in [0.15, 0.2) is 5.78 Å². The summed E-state index contributed by atoms with van der Waals surface area (Å²) in [7, 11) is -3.45. The fourth-order valence-electron chi connectivity index (χ4n) is 2.80. The first-order chi connectivity index (χ1) is 13.9. The Morgan fingerprint density at radius 3 is 2.59 bits per heavy atom. The third-order valence-electron chi connectivity index (χ3n) is 4.17. The van der Waals surface area contributed by atoms with Crippen molar-refractivity contribution in [2.24, 2.45) is 0 Å². The van der Waals surface area contributed by atoms with Crippen molar-refractivity contribution < 1.29 is 18.0 Å². The second kappa shape index (κ2) is 8.83. The van der Waals surface area contributed by atoms with Gasteiger partial charge in [0.25, 0.3) is 5.91 Å². The van der Waals surface area contributed by atoms with Crippen molar-refractivity contribution in [2.45, 2.75) is 13.3 Å². The number of fused-ring (bicyclic) bond motifs is 1. The van der Waals surface area contributed by atoms with Crippen LogP contribution in [0.5, 0.6) is 0 Å². The molecule has 1 heterocycles. The number of amides is 1. The summed E-state index contributed by atoms with van der Waals surface area (Å²) >= 11 is 0. The predicted molar refractivity (Wildman–Crippen MR) is 113 cm³/mol. The van der Waals surface area contributed by atoms with E-state index < -0.39 is 15.9 Å². The maximum absolute atomic E-state index is 12.4. The van der Waals surface area contributed by atoms with Crippen LogP contribution in [-0.2, 0) is 10.0 Å². The molecule has 7 nitrogen and oxygen atoms in total. The lowest BCUT2D eigenvalue weighted by atomic mass is 10.1. The number of aromatic nitrogens is 1. The van der Waals surface area contributed by atoms with Gasteiger partial charge in [-0.1, -0.05) is 43.3 Å². The quantitative estimate of drug-likeness (QED) is 0.555.